The zero-order chi connectivity index (χ0) is 18.9. The second kappa shape index (κ2) is 9.91. The Bertz CT molecular complexity index is 562. The lowest BCUT2D eigenvalue weighted by molar-refractivity contribution is 0.187. The van der Waals surface area contributed by atoms with Crippen LogP contribution in [0.25, 0.3) is 0 Å². The highest BCUT2D eigenvalue weighted by molar-refractivity contribution is 5.84. The van der Waals surface area contributed by atoms with Crippen LogP contribution in [0.2, 0.25) is 0 Å². The zero-order valence-electron chi connectivity index (χ0n) is 16.3. The third kappa shape index (κ3) is 8.98. The van der Waals surface area contributed by atoms with Gasteiger partial charge in [-0.2, -0.15) is 0 Å². The number of guanidine groups is 1. The predicted octanol–water partition coefficient (Wildman–Crippen LogP) is 3.74. The minimum Gasteiger partial charge on any atom is -0.453 e. The van der Waals surface area contributed by atoms with Crippen molar-refractivity contribution in [3.8, 4) is 0 Å². The molecule has 25 heavy (non-hydrogen) atoms. The lowest BCUT2D eigenvalue weighted by Gasteiger charge is -2.23. The molecule has 6 heteroatoms. The van der Waals surface area contributed by atoms with Crippen LogP contribution in [0, 0.1) is 5.41 Å². The zero-order valence-corrected chi connectivity index (χ0v) is 16.3. The first kappa shape index (κ1) is 20.8. The number of aliphatic imine (C=N–C) groups is 1. The summed E-state index contributed by atoms with van der Waals surface area (Å²) in [7, 11) is 3.11. The van der Waals surface area contributed by atoms with Gasteiger partial charge in [-0.3, -0.25) is 10.3 Å². The summed E-state index contributed by atoms with van der Waals surface area (Å²) >= 11 is 0. The smallest absolute Gasteiger partial charge is 0.411 e. The standard InChI is InChI=1S/C19H32N4O2/c1-14(11-12-19(2,3)4)22-17(20-5)21-13-15-7-9-16(10-8-15)23-18(24)25-6/h7-10,14H,11-13H2,1-6H3,(H,23,24)(H2,20,21,22). The Morgan fingerprint density at radius 3 is 2.40 bits per heavy atom. The number of nitrogens with zero attached hydrogens (tertiary/aromatic N) is 1. The van der Waals surface area contributed by atoms with Gasteiger partial charge in [-0.15, -0.1) is 0 Å². The van der Waals surface area contributed by atoms with E-state index in [2.05, 4.69) is 53.4 Å². The summed E-state index contributed by atoms with van der Waals surface area (Å²) in [6.07, 6.45) is 1.78. The molecule has 1 rings (SSSR count). The first-order chi connectivity index (χ1) is 11.7. The van der Waals surface area contributed by atoms with Crippen molar-refractivity contribution < 1.29 is 9.53 Å². The number of carbonyl (C=O) groups excluding carboxylic acids is 1. The number of nitrogens with one attached hydrogen (secondary N) is 3. The number of anilines is 1. The molecule has 1 aromatic rings. The van der Waals surface area contributed by atoms with Crippen molar-refractivity contribution in [3.63, 3.8) is 0 Å². The van der Waals surface area contributed by atoms with E-state index in [1.165, 1.54) is 7.11 Å². The van der Waals surface area contributed by atoms with Gasteiger partial charge in [0.1, 0.15) is 0 Å². The second-order valence-corrected chi connectivity index (χ2v) is 7.38. The summed E-state index contributed by atoms with van der Waals surface area (Å²) in [5.74, 6) is 0.790. The quantitative estimate of drug-likeness (QED) is 0.541. The molecule has 0 aliphatic rings. The maximum Gasteiger partial charge on any atom is 0.411 e. The number of hydrogen-bond acceptors (Lipinski definition) is 3. The maximum absolute atomic E-state index is 11.2. The van der Waals surface area contributed by atoms with Gasteiger partial charge in [-0.1, -0.05) is 32.9 Å². The maximum atomic E-state index is 11.2. The van der Waals surface area contributed by atoms with Crippen LogP contribution < -0.4 is 16.0 Å². The molecule has 1 atom stereocenters. The summed E-state index contributed by atoms with van der Waals surface area (Å²) < 4.78 is 4.57. The summed E-state index contributed by atoms with van der Waals surface area (Å²) in [5.41, 5.74) is 2.14. The fourth-order valence-corrected chi connectivity index (χ4v) is 2.21. The van der Waals surface area contributed by atoms with Crippen molar-refractivity contribution in [2.75, 3.05) is 19.5 Å². The molecule has 0 saturated carbocycles. The number of amides is 1. The highest BCUT2D eigenvalue weighted by Gasteiger charge is 2.13. The van der Waals surface area contributed by atoms with E-state index in [-0.39, 0.29) is 0 Å². The van der Waals surface area contributed by atoms with Gasteiger partial charge in [0, 0.05) is 25.3 Å². The molecule has 0 heterocycles. The van der Waals surface area contributed by atoms with Crippen LogP contribution in [-0.4, -0.2) is 32.3 Å². The average Bonchev–Trinajstić information content (AvgIpc) is 2.57. The summed E-state index contributed by atoms with van der Waals surface area (Å²) in [5, 5.41) is 9.36. The molecule has 0 radical (unpaired) electrons. The Kier molecular flexibility index (Phi) is 8.25. The molecule has 0 spiro atoms. The minimum absolute atomic E-state index is 0.340. The van der Waals surface area contributed by atoms with Crippen LogP contribution in [0.3, 0.4) is 0 Å². The van der Waals surface area contributed by atoms with E-state index in [4.69, 9.17) is 0 Å². The van der Waals surface area contributed by atoms with Crippen molar-refractivity contribution in [3.05, 3.63) is 29.8 Å². The van der Waals surface area contributed by atoms with E-state index < -0.39 is 6.09 Å². The lowest BCUT2D eigenvalue weighted by Crippen LogP contribution is -2.42. The third-order valence-electron chi connectivity index (χ3n) is 3.78. The molecule has 0 fully saturated rings. The molecule has 3 N–H and O–H groups in total. The molecule has 1 aromatic carbocycles. The topological polar surface area (TPSA) is 74.8 Å². The Morgan fingerprint density at radius 1 is 1.24 bits per heavy atom. The van der Waals surface area contributed by atoms with Gasteiger partial charge in [0.2, 0.25) is 0 Å². The number of ether oxygens (including phenoxy) is 1. The molecule has 1 unspecified atom stereocenters. The van der Waals surface area contributed by atoms with Gasteiger partial charge < -0.3 is 15.4 Å². The molecule has 1 amide bonds. The number of carbonyl (C=O) groups is 1. The van der Waals surface area contributed by atoms with Gasteiger partial charge in [0.15, 0.2) is 5.96 Å². The van der Waals surface area contributed by atoms with Gasteiger partial charge in [0.25, 0.3) is 0 Å². The van der Waals surface area contributed by atoms with Crippen LogP contribution in [-0.2, 0) is 11.3 Å². The fraction of sp³-hybridized carbons (Fsp3) is 0.579. The SMILES string of the molecule is CN=C(NCc1ccc(NC(=O)OC)cc1)NC(C)CCC(C)(C)C. The van der Waals surface area contributed by atoms with Crippen LogP contribution in [0.1, 0.15) is 46.1 Å². The van der Waals surface area contributed by atoms with Gasteiger partial charge in [-0.05, 0) is 42.9 Å². The van der Waals surface area contributed by atoms with Gasteiger partial charge in [0.05, 0.1) is 7.11 Å². The normalized spacial score (nSPS) is 13.1. The summed E-state index contributed by atoms with van der Waals surface area (Å²) in [4.78, 5) is 15.4. The number of hydrogen-bond donors (Lipinski definition) is 3. The van der Waals surface area contributed by atoms with Crippen LogP contribution in [0.4, 0.5) is 10.5 Å². The van der Waals surface area contributed by atoms with E-state index in [0.29, 0.717) is 23.7 Å². The van der Waals surface area contributed by atoms with Gasteiger partial charge >= 0.3 is 6.09 Å². The van der Waals surface area contributed by atoms with Crippen molar-refractivity contribution in [1.82, 2.24) is 10.6 Å². The minimum atomic E-state index is -0.472. The summed E-state index contributed by atoms with van der Waals surface area (Å²) in [6.45, 7) is 9.60. The van der Waals surface area contributed by atoms with Crippen LogP contribution in [0.5, 0.6) is 0 Å². The van der Waals surface area contributed by atoms with Crippen molar-refractivity contribution in [2.45, 2.75) is 53.1 Å². The van der Waals surface area contributed by atoms with E-state index in [9.17, 15) is 4.79 Å². The highest BCUT2D eigenvalue weighted by atomic mass is 16.5. The molecule has 140 valence electrons. The molecule has 6 nitrogen and oxygen atoms in total. The molecule has 0 bridgehead atoms. The predicted molar refractivity (Wildman–Crippen MR) is 104 cm³/mol. The lowest BCUT2D eigenvalue weighted by atomic mass is 9.89. The average molecular weight is 348 g/mol. The van der Waals surface area contributed by atoms with E-state index in [1.54, 1.807) is 7.05 Å². The first-order valence-electron chi connectivity index (χ1n) is 8.64. The largest absolute Gasteiger partial charge is 0.453 e. The Balaban J connectivity index is 2.45. The van der Waals surface area contributed by atoms with Crippen LogP contribution in [0.15, 0.2) is 29.3 Å². The fourth-order valence-electron chi connectivity index (χ4n) is 2.21. The Hall–Kier alpha value is -2.24. The monoisotopic (exact) mass is 348 g/mol. The van der Waals surface area contributed by atoms with E-state index >= 15 is 0 Å². The molecule has 0 aliphatic carbocycles. The number of benzene rings is 1. The molecule has 0 aliphatic heterocycles. The number of methoxy groups -OCH3 is 1. The molecular formula is C19H32N4O2. The molecule has 0 saturated heterocycles. The van der Waals surface area contributed by atoms with Crippen molar-refractivity contribution >= 4 is 17.7 Å². The first-order valence-corrected chi connectivity index (χ1v) is 8.64. The molecular weight excluding hydrogens is 316 g/mol. The Labute approximate surface area is 151 Å². The van der Waals surface area contributed by atoms with E-state index in [0.717, 1.165) is 24.4 Å². The van der Waals surface area contributed by atoms with E-state index in [1.807, 2.05) is 24.3 Å². The third-order valence-corrected chi connectivity index (χ3v) is 3.78. The van der Waals surface area contributed by atoms with Crippen molar-refractivity contribution in [2.24, 2.45) is 10.4 Å². The van der Waals surface area contributed by atoms with Gasteiger partial charge in [-0.25, -0.2) is 4.79 Å². The second-order valence-electron chi connectivity index (χ2n) is 7.38. The Morgan fingerprint density at radius 2 is 1.88 bits per heavy atom. The van der Waals surface area contributed by atoms with Crippen molar-refractivity contribution in [1.29, 1.82) is 0 Å². The number of rotatable bonds is 6. The highest BCUT2D eigenvalue weighted by Crippen LogP contribution is 2.21. The van der Waals surface area contributed by atoms with Crippen LogP contribution >= 0.6 is 0 Å². The summed E-state index contributed by atoms with van der Waals surface area (Å²) in [6, 6.07) is 7.95. The molecule has 0 aromatic heterocycles.